The number of hydrogen-bond acceptors (Lipinski definition) is 7. The van der Waals surface area contributed by atoms with Crippen LogP contribution in [0, 0.1) is 20.8 Å². The zero-order valence-corrected chi connectivity index (χ0v) is 14.1. The van der Waals surface area contributed by atoms with Crippen LogP contribution in [0.15, 0.2) is 34.9 Å². The Morgan fingerprint density at radius 3 is 2.60 bits per heavy atom. The Balaban J connectivity index is 1.88. The quantitative estimate of drug-likeness (QED) is 0.520. The average molecular weight is 339 g/mol. The van der Waals surface area contributed by atoms with Crippen molar-refractivity contribution in [1.29, 1.82) is 0 Å². The fraction of sp³-hybridized carbons (Fsp3) is 0.235. The van der Waals surface area contributed by atoms with Gasteiger partial charge < -0.3 is 9.26 Å². The summed E-state index contributed by atoms with van der Waals surface area (Å²) in [6, 6.07) is 9.41. The van der Waals surface area contributed by atoms with Gasteiger partial charge in [-0.2, -0.15) is 4.68 Å². The lowest BCUT2D eigenvalue weighted by Gasteiger charge is -2.09. The number of tetrazole rings is 1. The van der Waals surface area contributed by atoms with Gasteiger partial charge in [-0.15, -0.1) is 5.10 Å². The van der Waals surface area contributed by atoms with Gasteiger partial charge in [-0.05, 0) is 42.8 Å². The van der Waals surface area contributed by atoms with Gasteiger partial charge in [0.05, 0.1) is 11.3 Å². The zero-order valence-electron chi connectivity index (χ0n) is 14.1. The number of nitrogens with zero attached hydrogens (tertiary/aromatic N) is 5. The fourth-order valence-corrected chi connectivity index (χ4v) is 2.29. The van der Waals surface area contributed by atoms with Crippen molar-refractivity contribution in [1.82, 2.24) is 25.4 Å². The molecule has 3 aromatic rings. The minimum atomic E-state index is -0.542. The van der Waals surface area contributed by atoms with Gasteiger partial charge in [0.25, 0.3) is 0 Å². The van der Waals surface area contributed by atoms with Crippen LogP contribution in [0.3, 0.4) is 0 Å². The molecule has 0 spiro atoms. The number of ether oxygens (including phenoxy) is 1. The Morgan fingerprint density at radius 1 is 1.24 bits per heavy atom. The first-order chi connectivity index (χ1) is 12.1. The van der Waals surface area contributed by atoms with Gasteiger partial charge in [0.15, 0.2) is 11.5 Å². The number of esters is 1. The number of carbonyl (C=O) groups is 1. The number of rotatable bonds is 5. The van der Waals surface area contributed by atoms with Crippen molar-refractivity contribution in [3.05, 3.63) is 58.7 Å². The van der Waals surface area contributed by atoms with Gasteiger partial charge in [0.1, 0.15) is 12.4 Å². The summed E-state index contributed by atoms with van der Waals surface area (Å²) in [5, 5.41) is 15.1. The molecule has 0 aliphatic carbocycles. The molecule has 0 fully saturated rings. The molecule has 2 heterocycles. The van der Waals surface area contributed by atoms with E-state index in [1.165, 1.54) is 4.68 Å². The molecule has 8 nitrogen and oxygen atoms in total. The van der Waals surface area contributed by atoms with Crippen molar-refractivity contribution in [3.63, 3.8) is 0 Å². The minimum absolute atomic E-state index is 0.0628. The number of carbonyl (C=O) groups excluding carboxylic acids is 1. The van der Waals surface area contributed by atoms with E-state index in [4.69, 9.17) is 9.26 Å². The molecule has 0 bridgehead atoms. The van der Waals surface area contributed by atoms with Crippen molar-refractivity contribution in [2.45, 2.75) is 27.4 Å². The smallest absolute Gasteiger partial charge is 0.357 e. The summed E-state index contributed by atoms with van der Waals surface area (Å²) in [6.45, 7) is 5.34. The van der Waals surface area contributed by atoms with E-state index >= 15 is 0 Å². The molecular formula is C17H17N5O3. The van der Waals surface area contributed by atoms with E-state index in [0.29, 0.717) is 17.3 Å². The monoisotopic (exact) mass is 339 g/mol. The van der Waals surface area contributed by atoms with Crippen LogP contribution in [0.1, 0.15) is 28.4 Å². The maximum Gasteiger partial charge on any atom is 0.357 e. The molecule has 0 aliphatic rings. The van der Waals surface area contributed by atoms with Crippen LogP contribution in [0.2, 0.25) is 0 Å². The molecule has 2 aromatic heterocycles. The van der Waals surface area contributed by atoms with Crippen molar-refractivity contribution in [3.8, 4) is 0 Å². The number of aromatic nitrogens is 5. The molecule has 0 saturated heterocycles. The maximum absolute atomic E-state index is 12.7. The summed E-state index contributed by atoms with van der Waals surface area (Å²) in [4.78, 5) is 12.7. The van der Waals surface area contributed by atoms with Gasteiger partial charge in [0.2, 0.25) is 0 Å². The predicted octanol–water partition coefficient (Wildman–Crippen LogP) is 2.33. The van der Waals surface area contributed by atoms with Crippen LogP contribution in [0.5, 0.6) is 0 Å². The Kier molecular flexibility index (Phi) is 4.69. The van der Waals surface area contributed by atoms with Gasteiger partial charge >= 0.3 is 5.97 Å². The third-order valence-electron chi connectivity index (χ3n) is 3.69. The Bertz CT molecular complexity index is 892. The van der Waals surface area contributed by atoms with Crippen molar-refractivity contribution >= 4 is 17.7 Å². The van der Waals surface area contributed by atoms with Crippen LogP contribution in [-0.4, -0.2) is 31.3 Å². The second-order valence-corrected chi connectivity index (χ2v) is 5.46. The molecule has 0 amide bonds. The maximum atomic E-state index is 12.7. The van der Waals surface area contributed by atoms with Gasteiger partial charge in [-0.3, -0.25) is 0 Å². The minimum Gasteiger partial charge on any atom is -0.456 e. The third kappa shape index (κ3) is 3.63. The Hall–Kier alpha value is -3.29. The normalized spacial score (nSPS) is 11.6. The van der Waals surface area contributed by atoms with Gasteiger partial charge in [-0.1, -0.05) is 35.5 Å². The standard InChI is InChI=1S/C17H17N5O3/c1-11-15(12(2)25-19-11)10-24-17(23)16(22-13(3)18-20-21-22)9-14-7-5-4-6-8-14/h4-9H,10H2,1-3H3. The van der Waals surface area contributed by atoms with E-state index in [9.17, 15) is 4.79 Å². The zero-order chi connectivity index (χ0) is 17.8. The highest BCUT2D eigenvalue weighted by molar-refractivity contribution is 6.15. The summed E-state index contributed by atoms with van der Waals surface area (Å²) < 4.78 is 11.9. The summed E-state index contributed by atoms with van der Waals surface area (Å²) in [5.41, 5.74) is 2.50. The van der Waals surface area contributed by atoms with Crippen molar-refractivity contribution in [2.75, 3.05) is 0 Å². The molecular weight excluding hydrogens is 322 g/mol. The van der Waals surface area contributed by atoms with E-state index in [1.807, 2.05) is 30.3 Å². The molecule has 25 heavy (non-hydrogen) atoms. The van der Waals surface area contributed by atoms with Crippen LogP contribution < -0.4 is 0 Å². The summed E-state index contributed by atoms with van der Waals surface area (Å²) >= 11 is 0. The van der Waals surface area contributed by atoms with Crippen LogP contribution in [0.25, 0.3) is 11.8 Å². The molecule has 128 valence electrons. The van der Waals surface area contributed by atoms with E-state index in [2.05, 4.69) is 20.7 Å². The van der Waals surface area contributed by atoms with Crippen LogP contribution in [0.4, 0.5) is 0 Å². The summed E-state index contributed by atoms with van der Waals surface area (Å²) in [5.74, 6) is 0.563. The second-order valence-electron chi connectivity index (χ2n) is 5.46. The van der Waals surface area contributed by atoms with E-state index in [1.54, 1.807) is 26.8 Å². The largest absolute Gasteiger partial charge is 0.456 e. The molecule has 0 saturated carbocycles. The topological polar surface area (TPSA) is 95.9 Å². The van der Waals surface area contributed by atoms with Gasteiger partial charge in [0, 0.05) is 0 Å². The lowest BCUT2D eigenvalue weighted by Crippen LogP contribution is -2.15. The first kappa shape index (κ1) is 16.6. The van der Waals surface area contributed by atoms with Crippen LogP contribution >= 0.6 is 0 Å². The molecule has 0 atom stereocenters. The third-order valence-corrected chi connectivity index (χ3v) is 3.69. The van der Waals surface area contributed by atoms with E-state index in [0.717, 1.165) is 11.1 Å². The van der Waals surface area contributed by atoms with E-state index in [-0.39, 0.29) is 12.3 Å². The molecule has 8 heteroatoms. The first-order valence-electron chi connectivity index (χ1n) is 7.67. The highest BCUT2D eigenvalue weighted by atomic mass is 16.5. The highest BCUT2D eigenvalue weighted by Crippen LogP contribution is 2.17. The SMILES string of the molecule is Cc1noc(C)c1COC(=O)C(=Cc1ccccc1)n1nnnc1C. The second kappa shape index (κ2) is 7.08. The Labute approximate surface area is 144 Å². The van der Waals surface area contributed by atoms with Crippen molar-refractivity contribution < 1.29 is 14.1 Å². The summed E-state index contributed by atoms with van der Waals surface area (Å²) in [7, 11) is 0. The lowest BCUT2D eigenvalue weighted by atomic mass is 10.2. The summed E-state index contributed by atoms with van der Waals surface area (Å²) in [6.07, 6.45) is 1.68. The molecule has 0 aliphatic heterocycles. The average Bonchev–Trinajstić information content (AvgIpc) is 3.17. The fourth-order valence-electron chi connectivity index (χ4n) is 2.29. The van der Waals surface area contributed by atoms with E-state index < -0.39 is 5.97 Å². The number of aryl methyl sites for hydroxylation is 3. The first-order valence-corrected chi connectivity index (χ1v) is 7.67. The number of benzene rings is 1. The molecule has 0 radical (unpaired) electrons. The van der Waals surface area contributed by atoms with Gasteiger partial charge in [-0.25, -0.2) is 4.79 Å². The number of hydrogen-bond donors (Lipinski definition) is 0. The molecule has 1 aromatic carbocycles. The Morgan fingerprint density at radius 2 is 2.00 bits per heavy atom. The van der Waals surface area contributed by atoms with Crippen LogP contribution in [-0.2, 0) is 16.1 Å². The lowest BCUT2D eigenvalue weighted by molar-refractivity contribution is -0.138. The predicted molar refractivity (Wildman–Crippen MR) is 88.9 cm³/mol. The molecule has 0 N–H and O–H groups in total. The highest BCUT2D eigenvalue weighted by Gasteiger charge is 2.19. The molecule has 0 unspecified atom stereocenters. The van der Waals surface area contributed by atoms with Crippen molar-refractivity contribution in [2.24, 2.45) is 0 Å². The molecule has 3 rings (SSSR count).